The highest BCUT2D eigenvalue weighted by atomic mass is 16.5. The Kier molecular flexibility index (Phi) is 3.30. The molecule has 1 saturated heterocycles. The summed E-state index contributed by atoms with van der Waals surface area (Å²) in [7, 11) is 0. The molecular weight excluding hydrogens is 230 g/mol. The number of phenolic OH excluding ortho intramolecular Hbond substituents is 1. The molecule has 4 nitrogen and oxygen atoms in total. The summed E-state index contributed by atoms with van der Waals surface area (Å²) in [6.45, 7) is 7.46. The van der Waals surface area contributed by atoms with Crippen LogP contribution in [0, 0.1) is 6.92 Å². The predicted molar refractivity (Wildman–Crippen MR) is 68.8 cm³/mol. The minimum atomic E-state index is -0.342. The van der Waals surface area contributed by atoms with Crippen LogP contribution in [0.3, 0.4) is 0 Å². The molecule has 0 unspecified atom stereocenters. The van der Waals surface area contributed by atoms with Gasteiger partial charge in [-0.05, 0) is 32.9 Å². The van der Waals surface area contributed by atoms with Gasteiger partial charge in [0.05, 0.1) is 24.3 Å². The molecule has 0 spiro atoms. The number of amides is 1. The molecular formula is C14H19NO3. The van der Waals surface area contributed by atoms with Gasteiger partial charge in [-0.25, -0.2) is 0 Å². The Balaban J connectivity index is 2.33. The topological polar surface area (TPSA) is 49.8 Å². The van der Waals surface area contributed by atoms with Gasteiger partial charge in [-0.2, -0.15) is 0 Å². The second-order valence-corrected chi connectivity index (χ2v) is 5.34. The molecule has 1 heterocycles. The van der Waals surface area contributed by atoms with Crippen molar-refractivity contribution < 1.29 is 14.6 Å². The summed E-state index contributed by atoms with van der Waals surface area (Å²) in [5.74, 6) is -0.0996. The Labute approximate surface area is 107 Å². The average Bonchev–Trinajstić information content (AvgIpc) is 2.31. The van der Waals surface area contributed by atoms with E-state index >= 15 is 0 Å². The largest absolute Gasteiger partial charge is 0.507 e. The molecule has 1 amide bonds. The number of hydrogen-bond donors (Lipinski definition) is 1. The van der Waals surface area contributed by atoms with Crippen LogP contribution in [0.5, 0.6) is 5.75 Å². The maximum absolute atomic E-state index is 12.5. The molecule has 0 radical (unpaired) electrons. The van der Waals surface area contributed by atoms with Crippen LogP contribution in [0.2, 0.25) is 0 Å². The van der Waals surface area contributed by atoms with Gasteiger partial charge in [0.15, 0.2) is 0 Å². The Bertz CT molecular complexity index is 468. The molecule has 1 aromatic rings. The fraction of sp³-hybridized carbons (Fsp3) is 0.500. The molecule has 0 aliphatic carbocycles. The average molecular weight is 249 g/mol. The Hall–Kier alpha value is -1.55. The van der Waals surface area contributed by atoms with E-state index in [1.165, 1.54) is 0 Å². The molecule has 1 aliphatic heterocycles. The van der Waals surface area contributed by atoms with Crippen LogP contribution in [0.4, 0.5) is 0 Å². The zero-order valence-corrected chi connectivity index (χ0v) is 11.1. The minimum absolute atomic E-state index is 0.0351. The van der Waals surface area contributed by atoms with E-state index in [2.05, 4.69) is 0 Å². The van der Waals surface area contributed by atoms with Gasteiger partial charge in [0.25, 0.3) is 5.91 Å². The zero-order valence-electron chi connectivity index (χ0n) is 11.1. The molecule has 18 heavy (non-hydrogen) atoms. The Morgan fingerprint density at radius 3 is 2.83 bits per heavy atom. The van der Waals surface area contributed by atoms with Crippen molar-refractivity contribution in [2.75, 3.05) is 19.8 Å². The molecule has 4 heteroatoms. The second kappa shape index (κ2) is 4.61. The van der Waals surface area contributed by atoms with Crippen molar-refractivity contribution in [2.24, 2.45) is 0 Å². The van der Waals surface area contributed by atoms with Crippen LogP contribution in [0.15, 0.2) is 18.2 Å². The highest BCUT2D eigenvalue weighted by molar-refractivity contribution is 5.97. The first-order valence-corrected chi connectivity index (χ1v) is 6.11. The molecule has 1 aromatic carbocycles. The quantitative estimate of drug-likeness (QED) is 0.827. The lowest BCUT2D eigenvalue weighted by molar-refractivity contribution is -0.0371. The molecule has 0 atom stereocenters. The number of ether oxygens (including phenoxy) is 1. The third-order valence-corrected chi connectivity index (χ3v) is 3.27. The van der Waals surface area contributed by atoms with Gasteiger partial charge in [0.1, 0.15) is 5.75 Å². The van der Waals surface area contributed by atoms with Crippen molar-refractivity contribution in [3.8, 4) is 5.75 Å². The molecule has 1 fully saturated rings. The van der Waals surface area contributed by atoms with E-state index in [-0.39, 0.29) is 17.2 Å². The molecule has 0 bridgehead atoms. The number of carbonyl (C=O) groups is 1. The van der Waals surface area contributed by atoms with Crippen molar-refractivity contribution in [2.45, 2.75) is 26.3 Å². The van der Waals surface area contributed by atoms with Crippen LogP contribution in [0.25, 0.3) is 0 Å². The number of phenols is 1. The smallest absolute Gasteiger partial charge is 0.258 e. The summed E-state index contributed by atoms with van der Waals surface area (Å²) in [4.78, 5) is 14.3. The molecule has 0 aromatic heterocycles. The third-order valence-electron chi connectivity index (χ3n) is 3.27. The molecule has 0 saturated carbocycles. The van der Waals surface area contributed by atoms with Gasteiger partial charge in [-0.15, -0.1) is 0 Å². The minimum Gasteiger partial charge on any atom is -0.507 e. The first kappa shape index (κ1) is 12.9. The number of rotatable bonds is 1. The van der Waals surface area contributed by atoms with Crippen LogP contribution in [0.1, 0.15) is 29.8 Å². The number of carbonyl (C=O) groups excluding carboxylic acids is 1. The Morgan fingerprint density at radius 1 is 1.44 bits per heavy atom. The van der Waals surface area contributed by atoms with Crippen LogP contribution in [-0.4, -0.2) is 41.2 Å². The molecule has 1 aliphatic rings. The van der Waals surface area contributed by atoms with Gasteiger partial charge in [0.2, 0.25) is 0 Å². The zero-order chi connectivity index (χ0) is 13.3. The van der Waals surface area contributed by atoms with Crippen molar-refractivity contribution in [1.29, 1.82) is 0 Å². The maximum Gasteiger partial charge on any atom is 0.258 e. The van der Waals surface area contributed by atoms with Gasteiger partial charge >= 0.3 is 0 Å². The lowest BCUT2D eigenvalue weighted by Gasteiger charge is -2.42. The van der Waals surface area contributed by atoms with E-state index in [4.69, 9.17) is 4.74 Å². The predicted octanol–water partition coefficient (Wildman–Crippen LogP) is 1.95. The van der Waals surface area contributed by atoms with Crippen molar-refractivity contribution in [1.82, 2.24) is 4.90 Å². The van der Waals surface area contributed by atoms with Crippen LogP contribution in [-0.2, 0) is 4.74 Å². The van der Waals surface area contributed by atoms with E-state index in [0.29, 0.717) is 25.3 Å². The molecule has 2 rings (SSSR count). The number of aromatic hydroxyl groups is 1. The third kappa shape index (κ3) is 2.34. The maximum atomic E-state index is 12.5. The van der Waals surface area contributed by atoms with E-state index in [0.717, 1.165) is 5.56 Å². The fourth-order valence-corrected chi connectivity index (χ4v) is 2.20. The van der Waals surface area contributed by atoms with Crippen LogP contribution < -0.4 is 0 Å². The SMILES string of the molecule is Cc1ccc(O)c(C(=O)N2CCOCC2(C)C)c1. The second-order valence-electron chi connectivity index (χ2n) is 5.34. The van der Waals surface area contributed by atoms with Gasteiger partial charge < -0.3 is 14.7 Å². The normalized spacial score (nSPS) is 18.7. The number of aryl methyl sites for hydroxylation is 1. The highest BCUT2D eigenvalue weighted by Crippen LogP contribution is 2.26. The number of benzene rings is 1. The van der Waals surface area contributed by atoms with Gasteiger partial charge in [-0.3, -0.25) is 4.79 Å². The first-order chi connectivity index (χ1) is 8.42. The molecule has 98 valence electrons. The summed E-state index contributed by atoms with van der Waals surface area (Å²) in [6, 6.07) is 5.08. The highest BCUT2D eigenvalue weighted by Gasteiger charge is 2.35. The van der Waals surface area contributed by atoms with E-state index in [1.54, 1.807) is 23.1 Å². The van der Waals surface area contributed by atoms with Gasteiger partial charge in [-0.1, -0.05) is 11.6 Å². The van der Waals surface area contributed by atoms with Crippen molar-refractivity contribution in [3.63, 3.8) is 0 Å². The van der Waals surface area contributed by atoms with Crippen molar-refractivity contribution >= 4 is 5.91 Å². The summed E-state index contributed by atoms with van der Waals surface area (Å²) >= 11 is 0. The van der Waals surface area contributed by atoms with Crippen molar-refractivity contribution in [3.05, 3.63) is 29.3 Å². The van der Waals surface area contributed by atoms with E-state index < -0.39 is 0 Å². The number of hydrogen-bond acceptors (Lipinski definition) is 3. The van der Waals surface area contributed by atoms with Gasteiger partial charge in [0, 0.05) is 6.54 Å². The number of morpholine rings is 1. The first-order valence-electron chi connectivity index (χ1n) is 6.11. The van der Waals surface area contributed by atoms with Crippen LogP contribution >= 0.6 is 0 Å². The molecule has 1 N–H and O–H groups in total. The number of nitrogens with zero attached hydrogens (tertiary/aromatic N) is 1. The summed E-state index contributed by atoms with van der Waals surface area (Å²) in [5, 5.41) is 9.83. The monoisotopic (exact) mass is 249 g/mol. The Morgan fingerprint density at radius 2 is 2.17 bits per heavy atom. The lowest BCUT2D eigenvalue weighted by Crippen LogP contribution is -2.55. The lowest BCUT2D eigenvalue weighted by atomic mass is 10.00. The standard InChI is InChI=1S/C14H19NO3/c1-10-4-5-12(16)11(8-10)13(17)15-6-7-18-9-14(15,2)3/h4-5,8,16H,6-7,9H2,1-3H3. The summed E-state index contributed by atoms with van der Waals surface area (Å²) in [5.41, 5.74) is 0.984. The summed E-state index contributed by atoms with van der Waals surface area (Å²) < 4.78 is 5.40. The summed E-state index contributed by atoms with van der Waals surface area (Å²) in [6.07, 6.45) is 0. The van der Waals surface area contributed by atoms with E-state index in [1.807, 2.05) is 20.8 Å². The van der Waals surface area contributed by atoms with E-state index in [9.17, 15) is 9.90 Å². The fourth-order valence-electron chi connectivity index (χ4n) is 2.20.